The lowest BCUT2D eigenvalue weighted by Gasteiger charge is -2.14. The Balaban J connectivity index is 3.67. The number of ether oxygens (including phenoxy) is 2. The second-order valence-corrected chi connectivity index (χ2v) is 2.72. The lowest BCUT2D eigenvalue weighted by molar-refractivity contribution is -0.152. The van der Waals surface area contributed by atoms with Crippen LogP contribution in [-0.4, -0.2) is 31.8 Å². The van der Waals surface area contributed by atoms with Crippen molar-refractivity contribution in [3.8, 4) is 0 Å². The number of carbonyl (C=O) groups excluding carboxylic acids is 1. The van der Waals surface area contributed by atoms with Crippen molar-refractivity contribution in [3.63, 3.8) is 0 Å². The zero-order chi connectivity index (χ0) is 9.56. The van der Waals surface area contributed by atoms with Gasteiger partial charge in [0.05, 0.1) is 6.61 Å². The topological polar surface area (TPSA) is 61.6 Å². The van der Waals surface area contributed by atoms with Crippen molar-refractivity contribution in [1.29, 1.82) is 0 Å². The molecule has 2 atom stereocenters. The average Bonchev–Trinajstić information content (AvgIpc) is 2.03. The molecular weight excluding hydrogens is 158 g/mol. The first kappa shape index (κ1) is 11.4. The molecule has 0 aromatic rings. The van der Waals surface area contributed by atoms with Gasteiger partial charge in [-0.1, -0.05) is 6.92 Å². The van der Waals surface area contributed by atoms with Crippen LogP contribution in [0.3, 0.4) is 0 Å². The SMILES string of the molecule is CCC(N)C(=O)O[C@@H](C)COC. The molecule has 0 aromatic carbocycles. The third-order valence-electron chi connectivity index (χ3n) is 1.46. The van der Waals surface area contributed by atoms with E-state index in [1.807, 2.05) is 6.92 Å². The van der Waals surface area contributed by atoms with Crippen LogP contribution in [0.15, 0.2) is 0 Å². The molecule has 0 saturated heterocycles. The van der Waals surface area contributed by atoms with Gasteiger partial charge in [0, 0.05) is 7.11 Å². The van der Waals surface area contributed by atoms with Gasteiger partial charge in [-0.15, -0.1) is 0 Å². The van der Waals surface area contributed by atoms with Gasteiger partial charge in [-0.2, -0.15) is 0 Å². The van der Waals surface area contributed by atoms with Crippen LogP contribution in [0.5, 0.6) is 0 Å². The first-order chi connectivity index (χ1) is 5.61. The molecule has 0 aliphatic carbocycles. The number of methoxy groups -OCH3 is 1. The van der Waals surface area contributed by atoms with Gasteiger partial charge in [0.1, 0.15) is 12.1 Å². The van der Waals surface area contributed by atoms with Gasteiger partial charge in [-0.05, 0) is 13.3 Å². The monoisotopic (exact) mass is 175 g/mol. The average molecular weight is 175 g/mol. The fourth-order valence-corrected chi connectivity index (χ4v) is 0.721. The first-order valence-electron chi connectivity index (χ1n) is 4.06. The van der Waals surface area contributed by atoms with E-state index in [0.717, 1.165) is 0 Å². The Kier molecular flexibility index (Phi) is 5.66. The second-order valence-electron chi connectivity index (χ2n) is 2.72. The lowest BCUT2D eigenvalue weighted by atomic mass is 10.2. The third-order valence-corrected chi connectivity index (χ3v) is 1.46. The Morgan fingerprint density at radius 1 is 1.58 bits per heavy atom. The highest BCUT2D eigenvalue weighted by atomic mass is 16.6. The number of rotatable bonds is 5. The van der Waals surface area contributed by atoms with Crippen LogP contribution >= 0.6 is 0 Å². The molecule has 0 aromatic heterocycles. The van der Waals surface area contributed by atoms with Crippen molar-refractivity contribution in [3.05, 3.63) is 0 Å². The maximum Gasteiger partial charge on any atom is 0.323 e. The molecule has 0 heterocycles. The van der Waals surface area contributed by atoms with Crippen molar-refractivity contribution >= 4 is 5.97 Å². The van der Waals surface area contributed by atoms with Gasteiger partial charge in [-0.3, -0.25) is 4.79 Å². The van der Waals surface area contributed by atoms with E-state index in [9.17, 15) is 4.79 Å². The molecule has 2 N–H and O–H groups in total. The summed E-state index contributed by atoms with van der Waals surface area (Å²) in [6.45, 7) is 4.01. The third kappa shape index (κ3) is 4.31. The molecule has 0 radical (unpaired) electrons. The maximum absolute atomic E-state index is 11.1. The summed E-state index contributed by atoms with van der Waals surface area (Å²) < 4.78 is 9.75. The summed E-state index contributed by atoms with van der Waals surface area (Å²) in [5.74, 6) is -0.359. The Morgan fingerprint density at radius 3 is 2.58 bits per heavy atom. The Hall–Kier alpha value is -0.610. The van der Waals surface area contributed by atoms with E-state index in [1.165, 1.54) is 0 Å². The minimum absolute atomic E-state index is 0.222. The van der Waals surface area contributed by atoms with E-state index in [4.69, 9.17) is 15.2 Å². The van der Waals surface area contributed by atoms with Crippen LogP contribution in [0, 0.1) is 0 Å². The van der Waals surface area contributed by atoms with Crippen molar-refractivity contribution < 1.29 is 14.3 Å². The van der Waals surface area contributed by atoms with E-state index in [-0.39, 0.29) is 12.1 Å². The Labute approximate surface area is 73.0 Å². The number of carbonyl (C=O) groups is 1. The summed E-state index contributed by atoms with van der Waals surface area (Å²) in [5, 5.41) is 0. The summed E-state index contributed by atoms with van der Waals surface area (Å²) in [5.41, 5.74) is 5.45. The van der Waals surface area contributed by atoms with E-state index in [1.54, 1.807) is 14.0 Å². The van der Waals surface area contributed by atoms with Gasteiger partial charge >= 0.3 is 5.97 Å². The molecule has 0 bridgehead atoms. The van der Waals surface area contributed by atoms with Gasteiger partial charge < -0.3 is 15.2 Å². The van der Waals surface area contributed by atoms with Crippen LogP contribution in [0.4, 0.5) is 0 Å². The minimum Gasteiger partial charge on any atom is -0.459 e. The molecule has 0 aliphatic heterocycles. The van der Waals surface area contributed by atoms with Gasteiger partial charge in [0.2, 0.25) is 0 Å². The molecule has 4 nitrogen and oxygen atoms in total. The molecule has 0 rings (SSSR count). The molecule has 1 unspecified atom stereocenters. The summed E-state index contributed by atoms with van der Waals surface area (Å²) in [6.07, 6.45) is 0.374. The molecule has 4 heteroatoms. The molecular formula is C8H17NO3. The van der Waals surface area contributed by atoms with Gasteiger partial charge in [-0.25, -0.2) is 0 Å². The van der Waals surface area contributed by atoms with Crippen LogP contribution in [0.2, 0.25) is 0 Å². The highest BCUT2D eigenvalue weighted by molar-refractivity contribution is 5.75. The van der Waals surface area contributed by atoms with Crippen LogP contribution < -0.4 is 5.73 Å². The maximum atomic E-state index is 11.1. The van der Waals surface area contributed by atoms with E-state index >= 15 is 0 Å². The fraction of sp³-hybridized carbons (Fsp3) is 0.875. The Morgan fingerprint density at radius 2 is 2.17 bits per heavy atom. The summed E-state index contributed by atoms with van der Waals surface area (Å²) in [6, 6.07) is -0.510. The number of esters is 1. The normalized spacial score (nSPS) is 15.3. The smallest absolute Gasteiger partial charge is 0.323 e. The van der Waals surface area contributed by atoms with E-state index in [0.29, 0.717) is 13.0 Å². The lowest BCUT2D eigenvalue weighted by Crippen LogP contribution is -2.34. The molecule has 72 valence electrons. The van der Waals surface area contributed by atoms with Gasteiger partial charge in [0.15, 0.2) is 0 Å². The fourth-order valence-electron chi connectivity index (χ4n) is 0.721. The standard InChI is InChI=1S/C8H17NO3/c1-4-7(9)8(10)12-6(2)5-11-3/h6-7H,4-5,9H2,1-3H3/t6-,7?/m0/s1. The predicted octanol–water partition coefficient (Wildman–Crippen LogP) is 0.302. The van der Waals surface area contributed by atoms with Crippen LogP contribution in [0.1, 0.15) is 20.3 Å². The summed E-state index contributed by atoms with van der Waals surface area (Å²) in [7, 11) is 1.56. The van der Waals surface area contributed by atoms with E-state index < -0.39 is 6.04 Å². The molecule has 0 spiro atoms. The van der Waals surface area contributed by atoms with Crippen LogP contribution in [0.25, 0.3) is 0 Å². The largest absolute Gasteiger partial charge is 0.459 e. The zero-order valence-electron chi connectivity index (χ0n) is 7.87. The number of hydrogen-bond donors (Lipinski definition) is 1. The highest BCUT2D eigenvalue weighted by Crippen LogP contribution is 1.96. The minimum atomic E-state index is -0.510. The molecule has 0 fully saturated rings. The number of nitrogens with two attached hydrogens (primary N) is 1. The van der Waals surface area contributed by atoms with Crippen molar-refractivity contribution in [2.75, 3.05) is 13.7 Å². The molecule has 0 aliphatic rings. The second kappa shape index (κ2) is 5.97. The van der Waals surface area contributed by atoms with Crippen molar-refractivity contribution in [2.45, 2.75) is 32.4 Å². The van der Waals surface area contributed by atoms with Crippen molar-refractivity contribution in [2.24, 2.45) is 5.73 Å². The first-order valence-corrected chi connectivity index (χ1v) is 4.06. The van der Waals surface area contributed by atoms with Gasteiger partial charge in [0.25, 0.3) is 0 Å². The molecule has 0 amide bonds. The summed E-state index contributed by atoms with van der Waals surface area (Å²) >= 11 is 0. The van der Waals surface area contributed by atoms with E-state index in [2.05, 4.69) is 0 Å². The number of hydrogen-bond acceptors (Lipinski definition) is 4. The highest BCUT2D eigenvalue weighted by Gasteiger charge is 2.15. The van der Waals surface area contributed by atoms with Crippen molar-refractivity contribution in [1.82, 2.24) is 0 Å². The summed E-state index contributed by atoms with van der Waals surface area (Å²) in [4.78, 5) is 11.1. The van der Waals surface area contributed by atoms with Crippen LogP contribution in [-0.2, 0) is 14.3 Å². The zero-order valence-corrected chi connectivity index (χ0v) is 7.87. The molecule has 12 heavy (non-hydrogen) atoms. The molecule has 0 saturated carbocycles. The predicted molar refractivity (Wildman–Crippen MR) is 45.7 cm³/mol. The Bertz CT molecular complexity index is 138. The quantitative estimate of drug-likeness (QED) is 0.610.